The first kappa shape index (κ1) is 7.32. The minimum Gasteiger partial charge on any atom is -0.488 e. The van der Waals surface area contributed by atoms with Crippen molar-refractivity contribution in [3.63, 3.8) is 0 Å². The van der Waals surface area contributed by atoms with Gasteiger partial charge in [0.2, 0.25) is 0 Å². The monoisotopic (exact) mass is 142 g/mol. The zero-order valence-corrected chi connectivity index (χ0v) is 6.44. The van der Waals surface area contributed by atoms with Crippen LogP contribution in [0.5, 0.6) is 0 Å². The van der Waals surface area contributed by atoms with Gasteiger partial charge in [0.25, 0.3) is 0 Å². The molecule has 0 aromatic rings. The average Bonchev–Trinajstić information content (AvgIpc) is 1.54. The molecule has 1 aliphatic rings. The van der Waals surface area contributed by atoms with E-state index in [1.165, 1.54) is 12.2 Å². The summed E-state index contributed by atoms with van der Waals surface area (Å²) in [6.45, 7) is 5.39. The zero-order chi connectivity index (χ0) is 7.78. The number of hydrogen-bond donors (Lipinski definition) is 0. The lowest BCUT2D eigenvalue weighted by molar-refractivity contribution is 0.0725. The lowest BCUT2D eigenvalue weighted by atomic mass is 10.1. The molecule has 1 nitrogen and oxygen atoms in total. The summed E-state index contributed by atoms with van der Waals surface area (Å²) in [5, 5.41) is 0. The van der Waals surface area contributed by atoms with Gasteiger partial charge in [-0.2, -0.15) is 0 Å². The van der Waals surface area contributed by atoms with Crippen LogP contribution in [0.1, 0.15) is 20.8 Å². The Balaban J connectivity index is 2.88. The molecular weight excluding hydrogens is 131 g/mol. The molecule has 0 fully saturated rings. The molecule has 56 valence electrons. The predicted molar refractivity (Wildman–Crippen MR) is 38.1 cm³/mol. The van der Waals surface area contributed by atoms with E-state index in [2.05, 4.69) is 0 Å². The van der Waals surface area contributed by atoms with Crippen molar-refractivity contribution in [2.45, 2.75) is 26.4 Å². The summed E-state index contributed by atoms with van der Waals surface area (Å²) in [5.74, 6) is 0.416. The van der Waals surface area contributed by atoms with Gasteiger partial charge in [0.15, 0.2) is 0 Å². The largest absolute Gasteiger partial charge is 0.488 e. The average molecular weight is 142 g/mol. The Kier molecular flexibility index (Phi) is 1.55. The first-order chi connectivity index (χ1) is 4.49. The molecule has 1 heterocycles. The molecule has 2 heteroatoms. The second-order valence-corrected chi connectivity index (χ2v) is 2.99. The fraction of sp³-hybridized carbons (Fsp3) is 0.500. The maximum atomic E-state index is 12.6. The summed E-state index contributed by atoms with van der Waals surface area (Å²) in [5.41, 5.74) is -0.483. The van der Waals surface area contributed by atoms with Crippen LogP contribution in [0.2, 0.25) is 0 Å². The van der Waals surface area contributed by atoms with Crippen molar-refractivity contribution in [1.82, 2.24) is 0 Å². The molecule has 0 spiro atoms. The molecule has 1 rings (SSSR count). The van der Waals surface area contributed by atoms with E-state index in [1.807, 2.05) is 13.8 Å². The van der Waals surface area contributed by atoms with Crippen LogP contribution >= 0.6 is 0 Å². The van der Waals surface area contributed by atoms with Gasteiger partial charge in [-0.05, 0) is 26.8 Å². The lowest BCUT2D eigenvalue weighted by Crippen LogP contribution is -2.22. The summed E-state index contributed by atoms with van der Waals surface area (Å²) in [4.78, 5) is 0. The van der Waals surface area contributed by atoms with E-state index in [9.17, 15) is 4.39 Å². The van der Waals surface area contributed by atoms with E-state index in [-0.39, 0.29) is 5.83 Å². The number of hydrogen-bond acceptors (Lipinski definition) is 1. The van der Waals surface area contributed by atoms with Crippen LogP contribution in [0, 0.1) is 0 Å². The molecule has 0 unspecified atom stereocenters. The minimum atomic E-state index is -0.483. The van der Waals surface area contributed by atoms with E-state index >= 15 is 0 Å². The van der Waals surface area contributed by atoms with Crippen LogP contribution in [-0.2, 0) is 4.74 Å². The third kappa shape index (κ3) is 1.59. The highest BCUT2D eigenvalue weighted by Gasteiger charge is 2.20. The molecule has 0 amide bonds. The molecule has 0 atom stereocenters. The Hall–Kier alpha value is -0.790. The minimum absolute atomic E-state index is 0.214. The molecule has 0 bridgehead atoms. The number of ether oxygens (including phenoxy) is 1. The Morgan fingerprint density at radius 1 is 1.50 bits per heavy atom. The summed E-state index contributed by atoms with van der Waals surface area (Å²) in [7, 11) is 0. The van der Waals surface area contributed by atoms with Crippen LogP contribution in [0.4, 0.5) is 4.39 Å². The van der Waals surface area contributed by atoms with E-state index in [0.717, 1.165) is 0 Å². The van der Waals surface area contributed by atoms with Crippen molar-refractivity contribution in [2.75, 3.05) is 0 Å². The number of allylic oxidation sites excluding steroid dienone is 3. The van der Waals surface area contributed by atoms with Crippen molar-refractivity contribution in [1.29, 1.82) is 0 Å². The van der Waals surface area contributed by atoms with Crippen molar-refractivity contribution < 1.29 is 9.13 Å². The third-order valence-electron chi connectivity index (χ3n) is 1.25. The standard InChI is InChI=1S/C8H11FO/c1-6-4-7(9)5-8(2,3)10-6/h4-5H,1-3H3. The van der Waals surface area contributed by atoms with Gasteiger partial charge in [-0.25, -0.2) is 4.39 Å². The second kappa shape index (κ2) is 2.11. The molecule has 0 saturated carbocycles. The van der Waals surface area contributed by atoms with Crippen molar-refractivity contribution in [3.8, 4) is 0 Å². The fourth-order valence-corrected chi connectivity index (χ4v) is 1.04. The molecule has 0 radical (unpaired) electrons. The van der Waals surface area contributed by atoms with E-state index in [0.29, 0.717) is 5.76 Å². The van der Waals surface area contributed by atoms with Gasteiger partial charge in [-0.1, -0.05) is 0 Å². The molecule has 0 N–H and O–H groups in total. The predicted octanol–water partition coefficient (Wildman–Crippen LogP) is 2.55. The van der Waals surface area contributed by atoms with Gasteiger partial charge in [0.05, 0.1) is 5.76 Å². The summed E-state index contributed by atoms with van der Waals surface area (Å²) < 4.78 is 17.9. The Labute approximate surface area is 60.2 Å². The molecule has 0 aliphatic carbocycles. The first-order valence-electron chi connectivity index (χ1n) is 3.25. The molecule has 0 saturated heterocycles. The fourth-order valence-electron chi connectivity index (χ4n) is 1.04. The SMILES string of the molecule is CC1=CC(F)=CC(C)(C)O1. The molecular formula is C8H11FO. The summed E-state index contributed by atoms with van der Waals surface area (Å²) in [6.07, 6.45) is 2.84. The van der Waals surface area contributed by atoms with E-state index in [4.69, 9.17) is 4.74 Å². The summed E-state index contributed by atoms with van der Waals surface area (Å²) >= 11 is 0. The van der Waals surface area contributed by atoms with Crippen molar-refractivity contribution in [2.24, 2.45) is 0 Å². The van der Waals surface area contributed by atoms with Gasteiger partial charge in [-0.15, -0.1) is 0 Å². The van der Waals surface area contributed by atoms with Crippen LogP contribution < -0.4 is 0 Å². The molecule has 10 heavy (non-hydrogen) atoms. The van der Waals surface area contributed by atoms with Crippen LogP contribution in [0.3, 0.4) is 0 Å². The number of halogens is 1. The molecule has 1 aliphatic heterocycles. The van der Waals surface area contributed by atoms with Gasteiger partial charge in [0.1, 0.15) is 11.4 Å². The maximum absolute atomic E-state index is 12.6. The van der Waals surface area contributed by atoms with Crippen molar-refractivity contribution >= 4 is 0 Å². The quantitative estimate of drug-likeness (QED) is 0.505. The Morgan fingerprint density at radius 3 is 2.50 bits per heavy atom. The summed E-state index contributed by atoms with van der Waals surface area (Å²) in [6, 6.07) is 0. The maximum Gasteiger partial charge on any atom is 0.126 e. The lowest BCUT2D eigenvalue weighted by Gasteiger charge is -2.26. The van der Waals surface area contributed by atoms with Gasteiger partial charge < -0.3 is 4.74 Å². The Morgan fingerprint density at radius 2 is 2.10 bits per heavy atom. The van der Waals surface area contributed by atoms with Gasteiger partial charge in [-0.3, -0.25) is 0 Å². The van der Waals surface area contributed by atoms with Gasteiger partial charge in [0, 0.05) is 6.08 Å². The number of rotatable bonds is 0. The van der Waals surface area contributed by atoms with Crippen LogP contribution in [-0.4, -0.2) is 5.60 Å². The first-order valence-corrected chi connectivity index (χ1v) is 3.25. The highest BCUT2D eigenvalue weighted by atomic mass is 19.1. The highest BCUT2D eigenvalue weighted by Crippen LogP contribution is 2.24. The van der Waals surface area contributed by atoms with E-state index in [1.54, 1.807) is 6.92 Å². The second-order valence-electron chi connectivity index (χ2n) is 2.99. The Bertz CT molecular complexity index is 201. The molecule has 0 aromatic carbocycles. The highest BCUT2D eigenvalue weighted by molar-refractivity contribution is 5.22. The molecule has 0 aromatic heterocycles. The topological polar surface area (TPSA) is 9.23 Å². The van der Waals surface area contributed by atoms with Crippen LogP contribution in [0.25, 0.3) is 0 Å². The van der Waals surface area contributed by atoms with Gasteiger partial charge >= 0.3 is 0 Å². The third-order valence-corrected chi connectivity index (χ3v) is 1.25. The van der Waals surface area contributed by atoms with Crippen molar-refractivity contribution in [3.05, 3.63) is 23.7 Å². The van der Waals surface area contributed by atoms with Crippen LogP contribution in [0.15, 0.2) is 23.7 Å². The normalized spacial score (nSPS) is 22.8. The zero-order valence-electron chi connectivity index (χ0n) is 6.44. The smallest absolute Gasteiger partial charge is 0.126 e. The van der Waals surface area contributed by atoms with E-state index < -0.39 is 5.60 Å².